The van der Waals surface area contributed by atoms with E-state index in [-0.39, 0.29) is 5.78 Å². The van der Waals surface area contributed by atoms with Crippen molar-refractivity contribution < 1.29 is 9.53 Å². The van der Waals surface area contributed by atoms with Gasteiger partial charge in [0.25, 0.3) is 0 Å². The third-order valence-electron chi connectivity index (χ3n) is 3.35. The van der Waals surface area contributed by atoms with Crippen LogP contribution in [0.2, 0.25) is 5.02 Å². The molecule has 0 aliphatic carbocycles. The summed E-state index contributed by atoms with van der Waals surface area (Å²) in [6, 6.07) is 10.9. The van der Waals surface area contributed by atoms with Crippen molar-refractivity contribution in [2.75, 3.05) is 6.61 Å². The van der Waals surface area contributed by atoms with E-state index in [1.807, 2.05) is 12.1 Å². The van der Waals surface area contributed by atoms with Gasteiger partial charge in [0, 0.05) is 15.1 Å². The van der Waals surface area contributed by atoms with Crippen LogP contribution >= 0.6 is 27.5 Å². The van der Waals surface area contributed by atoms with E-state index in [2.05, 4.69) is 15.9 Å². The molecule has 0 N–H and O–H groups in total. The largest absolute Gasteiger partial charge is 0.493 e. The number of aryl methyl sites for hydroxylation is 1. The number of ether oxygens (including phenoxy) is 1. The number of rotatable bonds is 2. The summed E-state index contributed by atoms with van der Waals surface area (Å²) in [7, 11) is 0. The number of hydrogen-bond acceptors (Lipinski definition) is 2. The van der Waals surface area contributed by atoms with Crippen molar-refractivity contribution in [2.45, 2.75) is 12.8 Å². The van der Waals surface area contributed by atoms with E-state index in [1.165, 1.54) is 0 Å². The van der Waals surface area contributed by atoms with Crippen LogP contribution < -0.4 is 4.74 Å². The van der Waals surface area contributed by atoms with Crippen molar-refractivity contribution in [3.05, 3.63) is 62.6 Å². The van der Waals surface area contributed by atoms with E-state index in [9.17, 15) is 4.79 Å². The number of carbonyl (C=O) groups is 1. The van der Waals surface area contributed by atoms with Crippen molar-refractivity contribution in [3.63, 3.8) is 0 Å². The Hall–Kier alpha value is -1.32. The molecule has 2 aromatic rings. The smallest absolute Gasteiger partial charge is 0.197 e. The molecule has 4 heteroatoms. The van der Waals surface area contributed by atoms with Crippen molar-refractivity contribution in [1.29, 1.82) is 0 Å². The third kappa shape index (κ3) is 2.48. The summed E-state index contributed by atoms with van der Waals surface area (Å²) >= 11 is 9.39. The molecule has 0 radical (unpaired) electrons. The average Bonchev–Trinajstić information content (AvgIpc) is 2.48. The lowest BCUT2D eigenvalue weighted by molar-refractivity contribution is 0.103. The molecule has 2 aromatic carbocycles. The predicted octanol–water partition coefficient (Wildman–Crippen LogP) is 4.66. The fraction of sp³-hybridized carbons (Fsp3) is 0.188. The number of fused-ring (bicyclic) bond motifs is 1. The van der Waals surface area contributed by atoms with Gasteiger partial charge in [-0.1, -0.05) is 39.7 Å². The first-order valence-corrected chi connectivity index (χ1v) is 7.58. The minimum atomic E-state index is -0.0712. The summed E-state index contributed by atoms with van der Waals surface area (Å²) < 4.78 is 6.43. The third-order valence-corrected chi connectivity index (χ3v) is 4.28. The maximum Gasteiger partial charge on any atom is 0.197 e. The monoisotopic (exact) mass is 350 g/mol. The van der Waals surface area contributed by atoms with Crippen molar-refractivity contribution in [3.8, 4) is 5.75 Å². The zero-order valence-electron chi connectivity index (χ0n) is 10.7. The highest BCUT2D eigenvalue weighted by Gasteiger charge is 2.21. The Balaban J connectivity index is 2.09. The van der Waals surface area contributed by atoms with Crippen LogP contribution in [0.1, 0.15) is 27.9 Å². The topological polar surface area (TPSA) is 26.3 Å². The normalized spacial score (nSPS) is 13.5. The van der Waals surface area contributed by atoms with Gasteiger partial charge in [0.2, 0.25) is 0 Å². The minimum Gasteiger partial charge on any atom is -0.493 e. The number of halogens is 2. The summed E-state index contributed by atoms with van der Waals surface area (Å²) in [5.74, 6) is 0.647. The van der Waals surface area contributed by atoms with Gasteiger partial charge in [-0.2, -0.15) is 0 Å². The summed E-state index contributed by atoms with van der Waals surface area (Å²) in [4.78, 5) is 12.7. The van der Waals surface area contributed by atoms with E-state index in [1.54, 1.807) is 24.3 Å². The molecule has 20 heavy (non-hydrogen) atoms. The quantitative estimate of drug-likeness (QED) is 0.736. The molecule has 0 unspecified atom stereocenters. The molecule has 0 amide bonds. The number of hydrogen-bond donors (Lipinski definition) is 0. The molecule has 0 saturated heterocycles. The van der Waals surface area contributed by atoms with E-state index in [4.69, 9.17) is 16.3 Å². The Morgan fingerprint density at radius 1 is 1.20 bits per heavy atom. The second kappa shape index (κ2) is 5.58. The van der Waals surface area contributed by atoms with E-state index < -0.39 is 0 Å². The number of para-hydroxylation sites is 1. The molecule has 0 bridgehead atoms. The minimum absolute atomic E-state index is 0.0712. The van der Waals surface area contributed by atoms with Crippen LogP contribution in [0.25, 0.3) is 0 Å². The van der Waals surface area contributed by atoms with Crippen LogP contribution in [0.15, 0.2) is 40.9 Å². The Labute approximate surface area is 130 Å². The number of benzene rings is 2. The van der Waals surface area contributed by atoms with E-state index >= 15 is 0 Å². The van der Waals surface area contributed by atoms with Crippen LogP contribution in [0.5, 0.6) is 5.75 Å². The first kappa shape index (κ1) is 13.7. The van der Waals surface area contributed by atoms with E-state index in [0.717, 1.165) is 28.6 Å². The molecule has 2 nitrogen and oxygen atoms in total. The Morgan fingerprint density at radius 2 is 2.05 bits per heavy atom. The van der Waals surface area contributed by atoms with Crippen LogP contribution in [-0.2, 0) is 6.42 Å². The summed E-state index contributed by atoms with van der Waals surface area (Å²) in [5, 5.41) is 0.544. The lowest BCUT2D eigenvalue weighted by atomic mass is 9.97. The molecule has 1 aliphatic heterocycles. The lowest BCUT2D eigenvalue weighted by Gasteiger charge is -2.20. The van der Waals surface area contributed by atoms with Gasteiger partial charge in [-0.3, -0.25) is 4.79 Å². The fourth-order valence-electron chi connectivity index (χ4n) is 2.38. The zero-order valence-corrected chi connectivity index (χ0v) is 13.0. The standard InChI is InChI=1S/C16H12BrClO2/c17-14-7-6-11(18)9-13(14)15(19)12-5-1-3-10-4-2-8-20-16(10)12/h1,3,5-7,9H,2,4,8H2. The summed E-state index contributed by atoms with van der Waals surface area (Å²) in [5.41, 5.74) is 2.26. The molecule has 3 rings (SSSR count). The zero-order chi connectivity index (χ0) is 14.1. The van der Waals surface area contributed by atoms with Gasteiger partial charge in [-0.25, -0.2) is 0 Å². The number of carbonyl (C=O) groups excluding carboxylic acids is 1. The molecule has 1 heterocycles. The SMILES string of the molecule is O=C(c1cc(Cl)ccc1Br)c1cccc2c1OCCC2. The van der Waals surface area contributed by atoms with Crippen LogP contribution in [-0.4, -0.2) is 12.4 Å². The van der Waals surface area contributed by atoms with Gasteiger partial charge in [0.1, 0.15) is 5.75 Å². The Bertz CT molecular complexity index is 682. The van der Waals surface area contributed by atoms with Crippen LogP contribution in [0.3, 0.4) is 0 Å². The molecule has 1 aliphatic rings. The van der Waals surface area contributed by atoms with Crippen LogP contribution in [0.4, 0.5) is 0 Å². The first-order chi connectivity index (χ1) is 9.66. The van der Waals surface area contributed by atoms with Gasteiger partial charge in [0.15, 0.2) is 5.78 Å². The van der Waals surface area contributed by atoms with E-state index in [0.29, 0.717) is 22.8 Å². The Kier molecular flexibility index (Phi) is 3.81. The molecular weight excluding hydrogens is 340 g/mol. The fourth-order valence-corrected chi connectivity index (χ4v) is 2.98. The van der Waals surface area contributed by atoms with Crippen molar-refractivity contribution in [1.82, 2.24) is 0 Å². The molecule has 0 spiro atoms. The second-order valence-corrected chi connectivity index (χ2v) is 5.99. The molecule has 0 fully saturated rings. The maximum absolute atomic E-state index is 12.7. The average molecular weight is 352 g/mol. The lowest BCUT2D eigenvalue weighted by Crippen LogP contribution is -2.13. The van der Waals surface area contributed by atoms with Gasteiger partial charge in [-0.05, 0) is 42.7 Å². The van der Waals surface area contributed by atoms with Crippen molar-refractivity contribution in [2.24, 2.45) is 0 Å². The number of ketones is 1. The van der Waals surface area contributed by atoms with Crippen LogP contribution in [0, 0.1) is 0 Å². The van der Waals surface area contributed by atoms with Crippen molar-refractivity contribution >= 4 is 33.3 Å². The molecular formula is C16H12BrClO2. The second-order valence-electron chi connectivity index (χ2n) is 4.70. The molecule has 0 atom stereocenters. The highest BCUT2D eigenvalue weighted by atomic mass is 79.9. The van der Waals surface area contributed by atoms with Gasteiger partial charge in [-0.15, -0.1) is 0 Å². The molecule has 102 valence electrons. The van der Waals surface area contributed by atoms with Gasteiger partial charge >= 0.3 is 0 Å². The summed E-state index contributed by atoms with van der Waals surface area (Å²) in [6.07, 6.45) is 1.94. The summed E-state index contributed by atoms with van der Waals surface area (Å²) in [6.45, 7) is 0.661. The highest BCUT2D eigenvalue weighted by molar-refractivity contribution is 9.10. The van der Waals surface area contributed by atoms with Gasteiger partial charge in [0.05, 0.1) is 12.2 Å². The molecule has 0 saturated carbocycles. The first-order valence-electron chi connectivity index (χ1n) is 6.41. The van der Waals surface area contributed by atoms with Gasteiger partial charge < -0.3 is 4.74 Å². The molecule has 0 aromatic heterocycles. The highest BCUT2D eigenvalue weighted by Crippen LogP contribution is 2.32. The Morgan fingerprint density at radius 3 is 2.90 bits per heavy atom. The maximum atomic E-state index is 12.7. The predicted molar refractivity (Wildman–Crippen MR) is 82.8 cm³/mol.